The zero-order valence-electron chi connectivity index (χ0n) is 18.7. The number of benzene rings is 1. The van der Waals surface area contributed by atoms with E-state index in [1.165, 1.54) is 6.07 Å². The van der Waals surface area contributed by atoms with Crippen LogP contribution in [0.3, 0.4) is 0 Å². The van der Waals surface area contributed by atoms with Crippen LogP contribution in [0, 0.1) is 0 Å². The van der Waals surface area contributed by atoms with Crippen LogP contribution < -0.4 is 10.0 Å². The van der Waals surface area contributed by atoms with Crippen LogP contribution in [0.15, 0.2) is 52.3 Å². The number of aromatic amines is 1. The van der Waals surface area contributed by atoms with Crippen molar-refractivity contribution in [3.8, 4) is 11.1 Å². The van der Waals surface area contributed by atoms with E-state index in [0.717, 1.165) is 63.9 Å². The van der Waals surface area contributed by atoms with Crippen LogP contribution in [0.1, 0.15) is 37.0 Å². The summed E-state index contributed by atoms with van der Waals surface area (Å²) in [6.45, 7) is 3.15. The van der Waals surface area contributed by atoms with E-state index in [2.05, 4.69) is 26.1 Å². The number of H-pyrrole nitrogens is 1. The van der Waals surface area contributed by atoms with Crippen LogP contribution >= 0.6 is 11.3 Å². The first kappa shape index (κ1) is 22.6. The molecule has 0 saturated carbocycles. The molecule has 4 N–H and O–H groups in total. The van der Waals surface area contributed by atoms with Crippen LogP contribution in [0.2, 0.25) is 0 Å². The molecule has 0 atom stereocenters. The van der Waals surface area contributed by atoms with E-state index in [4.69, 9.17) is 0 Å². The second-order valence-electron chi connectivity index (χ2n) is 8.85. The Morgan fingerprint density at radius 3 is 2.76 bits per heavy atom. The van der Waals surface area contributed by atoms with Crippen molar-refractivity contribution in [2.45, 2.75) is 42.9 Å². The van der Waals surface area contributed by atoms with Gasteiger partial charge in [0.1, 0.15) is 9.86 Å². The predicted octanol–water partition coefficient (Wildman–Crippen LogP) is 4.52. The molecule has 0 spiro atoms. The monoisotopic (exact) mass is 496 g/mol. The Morgan fingerprint density at radius 1 is 1.18 bits per heavy atom. The van der Waals surface area contributed by atoms with Crippen LogP contribution in [-0.4, -0.2) is 29.5 Å². The first-order valence-electron chi connectivity index (χ1n) is 10.9. The van der Waals surface area contributed by atoms with Crippen molar-refractivity contribution in [1.82, 2.24) is 14.7 Å². The molecule has 3 aromatic heterocycles. The summed E-state index contributed by atoms with van der Waals surface area (Å²) < 4.78 is 27.8. The molecule has 1 aliphatic carbocycles. The highest BCUT2D eigenvalue weighted by atomic mass is 32.2. The Labute approximate surface area is 201 Å². The molecule has 1 aromatic carbocycles. The summed E-state index contributed by atoms with van der Waals surface area (Å²) in [5.74, 6) is 0. The molecule has 5 rings (SSSR count). The average molecular weight is 497 g/mol. The number of urea groups is 1. The van der Waals surface area contributed by atoms with E-state index in [1.54, 1.807) is 25.4 Å². The van der Waals surface area contributed by atoms with Crippen LogP contribution in [0.5, 0.6) is 0 Å². The fourth-order valence-corrected chi connectivity index (χ4v) is 6.57. The molecule has 0 bridgehead atoms. The predicted molar refractivity (Wildman–Crippen MR) is 132 cm³/mol. The van der Waals surface area contributed by atoms with E-state index < -0.39 is 21.7 Å². The van der Waals surface area contributed by atoms with Crippen molar-refractivity contribution in [2.75, 3.05) is 5.32 Å². The lowest BCUT2D eigenvalue weighted by Gasteiger charge is -2.17. The number of aryl methyl sites for hydroxylation is 1. The standard InChI is InChI=1S/C24H24N4O4S2/c1-24(2,30)15-12-20(33-13-15)34(31,32)28-23(29)27-21-16-5-3-4-14(16)6-7-18(21)17-8-10-25-22-19(17)9-11-26-22/h6-13,30H,3-5H2,1-2H3,(H,25,26)(H2,27,28,29). The third-order valence-electron chi connectivity index (χ3n) is 6.05. The van der Waals surface area contributed by atoms with Crippen molar-refractivity contribution >= 4 is 44.1 Å². The van der Waals surface area contributed by atoms with Gasteiger partial charge in [-0.05, 0) is 78.9 Å². The number of nitrogens with one attached hydrogen (secondary N) is 3. The maximum atomic E-state index is 12.9. The summed E-state index contributed by atoms with van der Waals surface area (Å²) in [7, 11) is -4.11. The third kappa shape index (κ3) is 4.08. The number of thiophene rings is 1. The van der Waals surface area contributed by atoms with Gasteiger partial charge in [-0.25, -0.2) is 22.9 Å². The van der Waals surface area contributed by atoms with Crippen molar-refractivity contribution in [1.29, 1.82) is 0 Å². The number of hydrogen-bond donors (Lipinski definition) is 4. The Morgan fingerprint density at radius 2 is 2.00 bits per heavy atom. The van der Waals surface area contributed by atoms with Crippen molar-refractivity contribution in [3.05, 3.63) is 64.8 Å². The van der Waals surface area contributed by atoms with Gasteiger partial charge < -0.3 is 15.4 Å². The molecule has 8 nitrogen and oxygen atoms in total. The summed E-state index contributed by atoms with van der Waals surface area (Å²) in [4.78, 5) is 20.4. The number of fused-ring (bicyclic) bond motifs is 2. The number of amides is 2. The number of carbonyl (C=O) groups excluding carboxylic acids is 1. The minimum Gasteiger partial charge on any atom is -0.386 e. The molecule has 0 radical (unpaired) electrons. The highest BCUT2D eigenvalue weighted by molar-refractivity contribution is 7.92. The summed E-state index contributed by atoms with van der Waals surface area (Å²) >= 11 is 0.953. The zero-order chi connectivity index (χ0) is 24.1. The van der Waals surface area contributed by atoms with Crippen LogP contribution in [0.25, 0.3) is 22.2 Å². The Bertz CT molecular complexity index is 1510. The minimum absolute atomic E-state index is 0.0403. The summed E-state index contributed by atoms with van der Waals surface area (Å²) in [5.41, 5.74) is 4.50. The molecule has 176 valence electrons. The fraction of sp³-hybridized carbons (Fsp3) is 0.250. The summed E-state index contributed by atoms with van der Waals surface area (Å²) in [5, 5.41) is 15.4. The number of anilines is 1. The van der Waals surface area contributed by atoms with Crippen molar-refractivity contribution < 1.29 is 18.3 Å². The maximum Gasteiger partial charge on any atom is 0.333 e. The van der Waals surface area contributed by atoms with Gasteiger partial charge in [0.15, 0.2) is 0 Å². The van der Waals surface area contributed by atoms with Crippen molar-refractivity contribution in [2.24, 2.45) is 0 Å². The number of carbonyl (C=O) groups is 1. The number of hydrogen-bond acceptors (Lipinski definition) is 6. The molecular weight excluding hydrogens is 472 g/mol. The van der Waals surface area contributed by atoms with E-state index in [1.807, 2.05) is 24.4 Å². The molecule has 3 heterocycles. The molecule has 0 unspecified atom stereocenters. The maximum absolute atomic E-state index is 12.9. The number of sulfonamides is 1. The lowest BCUT2D eigenvalue weighted by atomic mass is 9.96. The summed E-state index contributed by atoms with van der Waals surface area (Å²) in [6.07, 6.45) is 6.19. The average Bonchev–Trinajstić information content (AvgIpc) is 3.52. The Hall–Kier alpha value is -3.21. The molecule has 4 aromatic rings. The van der Waals surface area contributed by atoms with Gasteiger partial charge in [0, 0.05) is 23.3 Å². The van der Waals surface area contributed by atoms with Gasteiger partial charge in [-0.3, -0.25) is 0 Å². The number of aromatic nitrogens is 2. The topological polar surface area (TPSA) is 124 Å². The normalized spacial score (nSPS) is 13.7. The van der Waals surface area contributed by atoms with Gasteiger partial charge >= 0.3 is 6.03 Å². The van der Waals surface area contributed by atoms with Crippen molar-refractivity contribution in [3.63, 3.8) is 0 Å². The van der Waals surface area contributed by atoms with E-state index in [0.29, 0.717) is 11.3 Å². The van der Waals surface area contributed by atoms with Gasteiger partial charge in [0.2, 0.25) is 0 Å². The Kier molecular flexibility index (Phi) is 5.46. The summed E-state index contributed by atoms with van der Waals surface area (Å²) in [6, 6.07) is 8.39. The van der Waals surface area contributed by atoms with Gasteiger partial charge in [-0.2, -0.15) is 0 Å². The van der Waals surface area contributed by atoms with E-state index in [-0.39, 0.29) is 4.21 Å². The highest BCUT2D eigenvalue weighted by Gasteiger charge is 2.26. The molecule has 10 heteroatoms. The minimum atomic E-state index is -4.11. The highest BCUT2D eigenvalue weighted by Crippen LogP contribution is 2.39. The van der Waals surface area contributed by atoms with Gasteiger partial charge in [0.05, 0.1) is 11.3 Å². The smallest absolute Gasteiger partial charge is 0.333 e. The lowest BCUT2D eigenvalue weighted by molar-refractivity contribution is 0.0789. The second-order valence-corrected chi connectivity index (χ2v) is 11.7. The molecule has 0 aliphatic heterocycles. The number of pyridine rings is 1. The Balaban J connectivity index is 1.49. The number of aliphatic hydroxyl groups is 1. The van der Waals surface area contributed by atoms with Crippen LogP contribution in [0.4, 0.5) is 10.5 Å². The molecule has 34 heavy (non-hydrogen) atoms. The van der Waals surface area contributed by atoms with Gasteiger partial charge in [0.25, 0.3) is 10.0 Å². The third-order valence-corrected chi connectivity index (χ3v) is 8.82. The quantitative estimate of drug-likeness (QED) is 0.323. The lowest BCUT2D eigenvalue weighted by Crippen LogP contribution is -2.34. The first-order chi connectivity index (χ1) is 16.1. The fourth-order valence-electron chi connectivity index (χ4n) is 4.32. The molecule has 1 aliphatic rings. The van der Waals surface area contributed by atoms with Crippen LogP contribution in [-0.2, 0) is 28.5 Å². The SMILES string of the molecule is CC(C)(O)c1csc(S(=O)(=O)NC(=O)Nc2c(-c3ccnc4[nH]ccc34)ccc3c2CCC3)c1. The zero-order valence-corrected chi connectivity index (χ0v) is 20.3. The molecule has 0 saturated heterocycles. The van der Waals surface area contributed by atoms with Gasteiger partial charge in [-0.1, -0.05) is 12.1 Å². The number of rotatable bonds is 5. The second kappa shape index (κ2) is 8.23. The molecular formula is C24H24N4O4S2. The largest absolute Gasteiger partial charge is 0.386 e. The van der Waals surface area contributed by atoms with E-state index >= 15 is 0 Å². The number of nitrogens with zero attached hydrogens (tertiary/aromatic N) is 1. The van der Waals surface area contributed by atoms with E-state index in [9.17, 15) is 18.3 Å². The van der Waals surface area contributed by atoms with Gasteiger partial charge in [-0.15, -0.1) is 11.3 Å². The molecule has 2 amide bonds. The first-order valence-corrected chi connectivity index (χ1v) is 13.2. The molecule has 0 fully saturated rings.